The van der Waals surface area contributed by atoms with Crippen LogP contribution in [0.4, 0.5) is 0 Å². The molecule has 5 nitrogen and oxygen atoms in total. The van der Waals surface area contributed by atoms with Crippen LogP contribution in [-0.2, 0) is 20.7 Å². The molecule has 1 fully saturated rings. The first-order valence-electron chi connectivity index (χ1n) is 8.51. The number of fused-ring (bicyclic) bond motifs is 1. The average Bonchev–Trinajstić information content (AvgIpc) is 3.21. The number of aliphatic carboxylic acids is 1. The Morgan fingerprint density at radius 2 is 2.16 bits per heavy atom. The Labute approximate surface area is 151 Å². The number of hydrogen-bond donors (Lipinski definition) is 1. The van der Waals surface area contributed by atoms with Crippen LogP contribution >= 0.6 is 11.3 Å². The standard InChI is InChI=1S/C19H23NO4S/c1-24-13-19(18(22)23)9-10-20(12-19)17(21)8-4-5-14-11-25-16-7-3-2-6-15(14)16/h2-3,6-7,11H,4-5,8-10,12-13H2,1H3,(H,22,23). The first-order chi connectivity index (χ1) is 12.1. The minimum atomic E-state index is -0.950. The van der Waals surface area contributed by atoms with Gasteiger partial charge in [-0.1, -0.05) is 18.2 Å². The van der Waals surface area contributed by atoms with Gasteiger partial charge in [0.05, 0.1) is 6.61 Å². The lowest BCUT2D eigenvalue weighted by atomic mass is 9.88. The van der Waals surface area contributed by atoms with Crippen LogP contribution in [0.5, 0.6) is 0 Å². The predicted octanol–water partition coefficient (Wildman–Crippen LogP) is 3.17. The Kier molecular flexibility index (Phi) is 5.39. The number of likely N-dealkylation sites (tertiary alicyclic amines) is 1. The Morgan fingerprint density at radius 1 is 1.36 bits per heavy atom. The molecule has 134 valence electrons. The molecule has 1 aromatic carbocycles. The third-order valence-electron chi connectivity index (χ3n) is 4.98. The molecule has 6 heteroatoms. The monoisotopic (exact) mass is 361 g/mol. The van der Waals surface area contributed by atoms with Crippen molar-refractivity contribution in [3.63, 3.8) is 0 Å². The van der Waals surface area contributed by atoms with Crippen molar-refractivity contribution in [1.82, 2.24) is 4.90 Å². The van der Waals surface area contributed by atoms with Crippen molar-refractivity contribution >= 4 is 33.3 Å². The number of rotatable bonds is 7. The Hall–Kier alpha value is -1.92. The van der Waals surface area contributed by atoms with Gasteiger partial charge in [0, 0.05) is 31.3 Å². The number of nitrogens with zero attached hydrogens (tertiary/aromatic N) is 1. The van der Waals surface area contributed by atoms with E-state index in [2.05, 4.69) is 17.5 Å². The number of methoxy groups -OCH3 is 1. The fourth-order valence-electron chi connectivity index (χ4n) is 3.53. The van der Waals surface area contributed by atoms with Crippen LogP contribution in [0.25, 0.3) is 10.1 Å². The summed E-state index contributed by atoms with van der Waals surface area (Å²) in [7, 11) is 1.50. The highest BCUT2D eigenvalue weighted by atomic mass is 32.1. The van der Waals surface area contributed by atoms with Crippen molar-refractivity contribution < 1.29 is 19.4 Å². The van der Waals surface area contributed by atoms with Crippen LogP contribution in [0.15, 0.2) is 29.6 Å². The molecular weight excluding hydrogens is 338 g/mol. The van der Waals surface area contributed by atoms with Gasteiger partial charge in [0.15, 0.2) is 0 Å². The number of thiophene rings is 1. The lowest BCUT2D eigenvalue weighted by molar-refractivity contribution is -0.151. The van der Waals surface area contributed by atoms with Gasteiger partial charge in [0.1, 0.15) is 5.41 Å². The SMILES string of the molecule is COCC1(C(=O)O)CCN(C(=O)CCCc2csc3ccccc23)C1. The van der Waals surface area contributed by atoms with Crippen molar-refractivity contribution in [2.75, 3.05) is 26.8 Å². The molecule has 0 spiro atoms. The summed E-state index contributed by atoms with van der Waals surface area (Å²) in [4.78, 5) is 25.7. The van der Waals surface area contributed by atoms with Crippen LogP contribution < -0.4 is 0 Å². The first-order valence-corrected chi connectivity index (χ1v) is 9.39. The van der Waals surface area contributed by atoms with Crippen molar-refractivity contribution in [1.29, 1.82) is 0 Å². The molecule has 3 rings (SSSR count). The minimum Gasteiger partial charge on any atom is -0.481 e. The minimum absolute atomic E-state index is 0.0405. The van der Waals surface area contributed by atoms with Crippen LogP contribution in [-0.4, -0.2) is 48.7 Å². The molecule has 0 bridgehead atoms. The lowest BCUT2D eigenvalue weighted by Crippen LogP contribution is -2.40. The van der Waals surface area contributed by atoms with Crippen molar-refractivity contribution in [3.05, 3.63) is 35.2 Å². The highest BCUT2D eigenvalue weighted by Crippen LogP contribution is 2.32. The zero-order valence-corrected chi connectivity index (χ0v) is 15.2. The predicted molar refractivity (Wildman–Crippen MR) is 97.9 cm³/mol. The number of carboxylic acid groups (broad SMARTS) is 1. The quantitative estimate of drug-likeness (QED) is 0.822. The molecule has 1 N–H and O–H groups in total. The molecule has 2 heterocycles. The largest absolute Gasteiger partial charge is 0.481 e. The summed E-state index contributed by atoms with van der Waals surface area (Å²) in [6.07, 6.45) is 2.55. The number of hydrogen-bond acceptors (Lipinski definition) is 4. The number of ether oxygens (including phenoxy) is 1. The summed E-state index contributed by atoms with van der Waals surface area (Å²) < 4.78 is 6.34. The van der Waals surface area contributed by atoms with Gasteiger partial charge in [-0.3, -0.25) is 9.59 Å². The van der Waals surface area contributed by atoms with E-state index in [1.165, 1.54) is 22.8 Å². The van der Waals surface area contributed by atoms with E-state index in [4.69, 9.17) is 4.74 Å². The highest BCUT2D eigenvalue weighted by molar-refractivity contribution is 7.17. The second-order valence-electron chi connectivity index (χ2n) is 6.69. The molecular formula is C19H23NO4S. The molecule has 1 unspecified atom stereocenters. The van der Waals surface area contributed by atoms with Gasteiger partial charge in [0.2, 0.25) is 5.91 Å². The van der Waals surface area contributed by atoms with E-state index >= 15 is 0 Å². The van der Waals surface area contributed by atoms with E-state index < -0.39 is 11.4 Å². The number of benzene rings is 1. The van der Waals surface area contributed by atoms with Gasteiger partial charge in [-0.05, 0) is 41.7 Å². The number of carboxylic acids is 1. The number of amides is 1. The number of carbonyl (C=O) groups excluding carboxylic acids is 1. The summed E-state index contributed by atoms with van der Waals surface area (Å²) in [5, 5.41) is 12.9. The Morgan fingerprint density at radius 3 is 2.92 bits per heavy atom. The van der Waals surface area contributed by atoms with Crippen molar-refractivity contribution in [2.45, 2.75) is 25.7 Å². The average molecular weight is 361 g/mol. The summed E-state index contributed by atoms with van der Waals surface area (Å²) in [6, 6.07) is 8.30. The molecule has 25 heavy (non-hydrogen) atoms. The molecule has 0 aliphatic carbocycles. The molecule has 1 aromatic heterocycles. The van der Waals surface area contributed by atoms with E-state index in [1.54, 1.807) is 16.2 Å². The molecule has 1 saturated heterocycles. The van der Waals surface area contributed by atoms with Gasteiger partial charge in [-0.25, -0.2) is 0 Å². The molecule has 0 saturated carbocycles. The zero-order chi connectivity index (χ0) is 17.9. The Balaban J connectivity index is 1.54. The molecule has 2 aromatic rings. The van der Waals surface area contributed by atoms with E-state index in [0.717, 1.165) is 12.8 Å². The van der Waals surface area contributed by atoms with Gasteiger partial charge in [0.25, 0.3) is 0 Å². The van der Waals surface area contributed by atoms with Gasteiger partial charge < -0.3 is 14.7 Å². The lowest BCUT2D eigenvalue weighted by Gasteiger charge is -2.23. The van der Waals surface area contributed by atoms with Gasteiger partial charge >= 0.3 is 5.97 Å². The smallest absolute Gasteiger partial charge is 0.313 e. The third-order valence-corrected chi connectivity index (χ3v) is 5.99. The van der Waals surface area contributed by atoms with Crippen LogP contribution in [0.2, 0.25) is 0 Å². The van der Waals surface area contributed by atoms with Crippen LogP contribution in [0.3, 0.4) is 0 Å². The van der Waals surface area contributed by atoms with Crippen molar-refractivity contribution in [3.8, 4) is 0 Å². The topological polar surface area (TPSA) is 66.8 Å². The molecule has 1 atom stereocenters. The van der Waals surface area contributed by atoms with E-state index in [1.807, 2.05) is 12.1 Å². The summed E-state index contributed by atoms with van der Waals surface area (Å²) in [5.41, 5.74) is 0.336. The zero-order valence-electron chi connectivity index (χ0n) is 14.4. The Bertz CT molecular complexity index is 772. The van der Waals surface area contributed by atoms with E-state index in [-0.39, 0.29) is 19.1 Å². The van der Waals surface area contributed by atoms with Gasteiger partial charge in [-0.15, -0.1) is 11.3 Å². The summed E-state index contributed by atoms with van der Waals surface area (Å²) in [6.45, 7) is 0.888. The van der Waals surface area contributed by atoms with E-state index in [0.29, 0.717) is 19.4 Å². The maximum atomic E-state index is 12.4. The summed E-state index contributed by atoms with van der Waals surface area (Å²) in [5.74, 6) is -0.840. The van der Waals surface area contributed by atoms with Crippen LogP contribution in [0, 0.1) is 5.41 Å². The van der Waals surface area contributed by atoms with Crippen LogP contribution in [0.1, 0.15) is 24.8 Å². The fourth-order valence-corrected chi connectivity index (χ4v) is 4.53. The first kappa shape index (κ1) is 17.9. The number of carbonyl (C=O) groups is 2. The molecule has 1 aliphatic heterocycles. The second kappa shape index (κ2) is 7.54. The molecule has 1 aliphatic rings. The maximum Gasteiger partial charge on any atom is 0.313 e. The molecule has 0 radical (unpaired) electrons. The highest BCUT2D eigenvalue weighted by Gasteiger charge is 2.46. The van der Waals surface area contributed by atoms with Gasteiger partial charge in [-0.2, -0.15) is 0 Å². The fraction of sp³-hybridized carbons (Fsp3) is 0.474. The summed E-state index contributed by atoms with van der Waals surface area (Å²) >= 11 is 1.73. The van der Waals surface area contributed by atoms with E-state index in [9.17, 15) is 14.7 Å². The third kappa shape index (κ3) is 3.70. The van der Waals surface area contributed by atoms with Crippen molar-refractivity contribution in [2.24, 2.45) is 5.41 Å². The maximum absolute atomic E-state index is 12.4. The normalized spacial score (nSPS) is 20.3. The number of aryl methyl sites for hydroxylation is 1. The second-order valence-corrected chi connectivity index (χ2v) is 7.61. The molecule has 1 amide bonds.